The molecule has 1 N–H and O–H groups in total. The van der Waals surface area contributed by atoms with E-state index in [1.165, 1.54) is 0 Å². The number of halogens is 2. The van der Waals surface area contributed by atoms with Crippen molar-refractivity contribution in [3.63, 3.8) is 0 Å². The predicted octanol–water partition coefficient (Wildman–Crippen LogP) is 4.33. The molecule has 21 heavy (non-hydrogen) atoms. The zero-order valence-corrected chi connectivity index (χ0v) is 15.1. The van der Waals surface area contributed by atoms with Crippen molar-refractivity contribution in [2.24, 2.45) is 0 Å². The van der Waals surface area contributed by atoms with E-state index in [1.54, 1.807) is 12.1 Å². The van der Waals surface area contributed by atoms with Crippen LogP contribution in [0.1, 0.15) is 46.1 Å². The second-order valence-electron chi connectivity index (χ2n) is 6.76. The smallest absolute Gasteiger partial charge is 0.127 e. The molecule has 2 nitrogen and oxygen atoms in total. The number of benzene rings is 1. The normalized spacial score (nSPS) is 21.4. The third kappa shape index (κ3) is 3.66. The number of nitrogens with zero attached hydrogens (tertiary/aromatic N) is 1. The Morgan fingerprint density at radius 3 is 2.57 bits per heavy atom. The molecule has 0 amide bonds. The first-order valence-corrected chi connectivity index (χ1v) is 8.55. The lowest BCUT2D eigenvalue weighted by atomic mass is 9.84. The third-order valence-electron chi connectivity index (χ3n) is 4.84. The molecule has 0 spiro atoms. The van der Waals surface area contributed by atoms with Crippen LogP contribution in [-0.2, 0) is 6.54 Å². The van der Waals surface area contributed by atoms with Gasteiger partial charge in [0.05, 0.1) is 0 Å². The average Bonchev–Trinajstić information content (AvgIpc) is 2.43. The number of piperazine rings is 1. The molecule has 0 aliphatic carbocycles. The van der Waals surface area contributed by atoms with Crippen LogP contribution in [0.25, 0.3) is 0 Å². The minimum Gasteiger partial charge on any atom is -0.309 e. The van der Waals surface area contributed by atoms with Crippen molar-refractivity contribution in [1.82, 2.24) is 10.2 Å². The van der Waals surface area contributed by atoms with Gasteiger partial charge < -0.3 is 5.32 Å². The molecule has 1 aromatic carbocycles. The lowest BCUT2D eigenvalue weighted by Crippen LogP contribution is -2.67. The van der Waals surface area contributed by atoms with Crippen molar-refractivity contribution in [3.8, 4) is 0 Å². The average molecular weight is 357 g/mol. The summed E-state index contributed by atoms with van der Waals surface area (Å²) in [4.78, 5) is 2.47. The molecule has 1 aromatic rings. The quantitative estimate of drug-likeness (QED) is 0.863. The van der Waals surface area contributed by atoms with Crippen LogP contribution in [0, 0.1) is 5.82 Å². The largest absolute Gasteiger partial charge is 0.309 e. The van der Waals surface area contributed by atoms with E-state index in [0.29, 0.717) is 6.54 Å². The molecular formula is C17H26BrFN2. The van der Waals surface area contributed by atoms with E-state index < -0.39 is 0 Å². The van der Waals surface area contributed by atoms with Crippen LogP contribution in [0.3, 0.4) is 0 Å². The van der Waals surface area contributed by atoms with E-state index in [1.807, 2.05) is 6.07 Å². The van der Waals surface area contributed by atoms with Gasteiger partial charge in [-0.15, -0.1) is 0 Å². The van der Waals surface area contributed by atoms with Crippen molar-refractivity contribution in [2.45, 2.75) is 58.2 Å². The zero-order valence-electron chi connectivity index (χ0n) is 13.5. The minimum atomic E-state index is -0.115. The van der Waals surface area contributed by atoms with Crippen LogP contribution >= 0.6 is 15.9 Å². The molecule has 1 aliphatic rings. The van der Waals surface area contributed by atoms with E-state index in [9.17, 15) is 4.39 Å². The van der Waals surface area contributed by atoms with Gasteiger partial charge in [-0.1, -0.05) is 29.8 Å². The molecule has 1 fully saturated rings. The van der Waals surface area contributed by atoms with Crippen LogP contribution in [0.5, 0.6) is 0 Å². The van der Waals surface area contributed by atoms with Gasteiger partial charge in [0.25, 0.3) is 0 Å². The maximum Gasteiger partial charge on any atom is 0.127 e. The van der Waals surface area contributed by atoms with Crippen molar-refractivity contribution in [1.29, 1.82) is 0 Å². The molecule has 0 bridgehead atoms. The molecule has 1 aliphatic heterocycles. The van der Waals surface area contributed by atoms with Crippen LogP contribution < -0.4 is 5.32 Å². The summed E-state index contributed by atoms with van der Waals surface area (Å²) < 4.78 is 15.1. The molecule has 118 valence electrons. The van der Waals surface area contributed by atoms with E-state index in [2.05, 4.69) is 53.8 Å². The van der Waals surface area contributed by atoms with Crippen molar-refractivity contribution in [3.05, 3.63) is 34.1 Å². The maximum atomic E-state index is 14.1. The lowest BCUT2D eigenvalue weighted by Gasteiger charge is -2.52. The minimum absolute atomic E-state index is 0.0658. The second kappa shape index (κ2) is 6.35. The van der Waals surface area contributed by atoms with Gasteiger partial charge in [0.15, 0.2) is 0 Å². The van der Waals surface area contributed by atoms with Gasteiger partial charge in [0.1, 0.15) is 5.82 Å². The SMILES string of the molecule is CCC1(CC)CNC(C)(C)CN1Cc1cc(Br)ccc1F. The number of nitrogens with one attached hydrogen (secondary N) is 1. The highest BCUT2D eigenvalue weighted by atomic mass is 79.9. The lowest BCUT2D eigenvalue weighted by molar-refractivity contribution is 0.00163. The first-order chi connectivity index (χ1) is 9.82. The number of rotatable bonds is 4. The van der Waals surface area contributed by atoms with Crippen LogP contribution in [0.15, 0.2) is 22.7 Å². The number of hydrogen-bond donors (Lipinski definition) is 1. The monoisotopic (exact) mass is 356 g/mol. The summed E-state index contributed by atoms with van der Waals surface area (Å²) in [5.74, 6) is -0.115. The van der Waals surface area contributed by atoms with Gasteiger partial charge in [-0.2, -0.15) is 0 Å². The summed E-state index contributed by atoms with van der Waals surface area (Å²) in [5.41, 5.74) is 0.953. The molecule has 0 aromatic heterocycles. The Labute approximate surface area is 136 Å². The summed E-state index contributed by atoms with van der Waals surface area (Å²) in [6, 6.07) is 5.21. The van der Waals surface area contributed by atoms with Crippen molar-refractivity contribution >= 4 is 15.9 Å². The second-order valence-corrected chi connectivity index (χ2v) is 7.68. The summed E-state index contributed by atoms with van der Waals surface area (Å²) in [6.45, 7) is 11.4. The Kier molecular flexibility index (Phi) is 5.11. The summed E-state index contributed by atoms with van der Waals surface area (Å²) in [5, 5.41) is 3.65. The van der Waals surface area contributed by atoms with Crippen molar-refractivity contribution in [2.75, 3.05) is 13.1 Å². The highest BCUT2D eigenvalue weighted by Crippen LogP contribution is 2.32. The van der Waals surface area contributed by atoms with Gasteiger partial charge in [-0.3, -0.25) is 4.90 Å². The van der Waals surface area contributed by atoms with Gasteiger partial charge >= 0.3 is 0 Å². The molecular weight excluding hydrogens is 331 g/mol. The molecule has 0 atom stereocenters. The van der Waals surface area contributed by atoms with Crippen LogP contribution in [-0.4, -0.2) is 29.1 Å². The van der Waals surface area contributed by atoms with E-state index in [-0.39, 0.29) is 16.9 Å². The molecule has 4 heteroatoms. The highest BCUT2D eigenvalue weighted by Gasteiger charge is 2.41. The molecule has 0 radical (unpaired) electrons. The first kappa shape index (κ1) is 16.9. The van der Waals surface area contributed by atoms with Gasteiger partial charge in [-0.05, 0) is 44.9 Å². The highest BCUT2D eigenvalue weighted by molar-refractivity contribution is 9.10. The van der Waals surface area contributed by atoms with Gasteiger partial charge in [0.2, 0.25) is 0 Å². The fourth-order valence-corrected chi connectivity index (χ4v) is 3.67. The van der Waals surface area contributed by atoms with Crippen LogP contribution in [0.2, 0.25) is 0 Å². The molecule has 0 unspecified atom stereocenters. The Morgan fingerprint density at radius 1 is 1.29 bits per heavy atom. The van der Waals surface area contributed by atoms with E-state index >= 15 is 0 Å². The summed E-state index contributed by atoms with van der Waals surface area (Å²) in [7, 11) is 0. The Hall–Kier alpha value is -0.450. The van der Waals surface area contributed by atoms with Gasteiger partial charge in [0, 0.05) is 40.7 Å². The zero-order chi connectivity index (χ0) is 15.7. The Bertz CT molecular complexity index is 498. The van der Waals surface area contributed by atoms with Gasteiger partial charge in [-0.25, -0.2) is 4.39 Å². The maximum absolute atomic E-state index is 14.1. The molecule has 2 rings (SSSR count). The Balaban J connectivity index is 2.30. The summed E-state index contributed by atoms with van der Waals surface area (Å²) in [6.07, 6.45) is 2.14. The van der Waals surface area contributed by atoms with Crippen molar-refractivity contribution < 1.29 is 4.39 Å². The molecule has 0 saturated carbocycles. The van der Waals surface area contributed by atoms with E-state index in [0.717, 1.165) is 36.0 Å². The topological polar surface area (TPSA) is 15.3 Å². The fraction of sp³-hybridized carbons (Fsp3) is 0.647. The summed E-state index contributed by atoms with van der Waals surface area (Å²) >= 11 is 3.45. The molecule has 1 heterocycles. The Morgan fingerprint density at radius 2 is 1.95 bits per heavy atom. The molecule has 1 saturated heterocycles. The number of hydrogen-bond acceptors (Lipinski definition) is 2. The van der Waals surface area contributed by atoms with Crippen LogP contribution in [0.4, 0.5) is 4.39 Å². The first-order valence-electron chi connectivity index (χ1n) is 7.76. The standard InChI is InChI=1S/C17H26BrFN2/c1-5-17(6-2)11-20-16(3,4)12-21(17)10-13-9-14(18)7-8-15(13)19/h7-9,20H,5-6,10-12H2,1-4H3. The predicted molar refractivity (Wildman–Crippen MR) is 89.9 cm³/mol. The van der Waals surface area contributed by atoms with E-state index in [4.69, 9.17) is 0 Å². The fourth-order valence-electron chi connectivity index (χ4n) is 3.26. The third-order valence-corrected chi connectivity index (χ3v) is 5.33.